The van der Waals surface area contributed by atoms with Crippen LogP contribution in [0.1, 0.15) is 38.4 Å². The zero-order chi connectivity index (χ0) is 18.8. The van der Waals surface area contributed by atoms with Crippen LogP contribution in [0.3, 0.4) is 0 Å². The maximum Gasteiger partial charge on any atom is 0.267 e. The molecule has 0 atom stereocenters. The Morgan fingerprint density at radius 3 is 2.73 bits per heavy atom. The van der Waals surface area contributed by atoms with Crippen molar-refractivity contribution in [2.75, 3.05) is 11.1 Å². The van der Waals surface area contributed by atoms with E-state index < -0.39 is 17.6 Å². The van der Waals surface area contributed by atoms with Crippen LogP contribution >= 0.6 is 11.3 Å². The van der Waals surface area contributed by atoms with Gasteiger partial charge in [-0.15, -0.1) is 0 Å². The minimum Gasteiger partial charge on any atom is -0.375 e. The van der Waals surface area contributed by atoms with E-state index in [1.165, 1.54) is 18.3 Å². The van der Waals surface area contributed by atoms with E-state index in [0.717, 1.165) is 11.3 Å². The number of amides is 2. The van der Waals surface area contributed by atoms with Gasteiger partial charge in [-0.3, -0.25) is 9.59 Å². The molecule has 2 aromatic rings. The smallest absolute Gasteiger partial charge is 0.267 e. The van der Waals surface area contributed by atoms with Crippen molar-refractivity contribution in [2.24, 2.45) is 5.92 Å². The van der Waals surface area contributed by atoms with E-state index in [2.05, 4.69) is 21.7 Å². The van der Waals surface area contributed by atoms with Gasteiger partial charge in [0.2, 0.25) is 0 Å². The highest BCUT2D eigenvalue weighted by molar-refractivity contribution is 7.17. The molecule has 1 aromatic carbocycles. The SMILES string of the molecule is Cc1cc(F)c(C(=O)NC2CC(C#N)C2)cc1NC(=O)c1cnc(N)s1. The summed E-state index contributed by atoms with van der Waals surface area (Å²) in [6.07, 6.45) is 2.47. The second kappa shape index (κ2) is 7.09. The molecule has 1 fully saturated rings. The average Bonchev–Trinajstić information content (AvgIpc) is 2.99. The summed E-state index contributed by atoms with van der Waals surface area (Å²) >= 11 is 1.03. The van der Waals surface area contributed by atoms with Crippen molar-refractivity contribution in [1.29, 1.82) is 5.26 Å². The first-order valence-corrected chi connectivity index (χ1v) is 8.72. The summed E-state index contributed by atoms with van der Waals surface area (Å²) in [5.74, 6) is -1.74. The Morgan fingerprint density at radius 1 is 1.38 bits per heavy atom. The van der Waals surface area contributed by atoms with Gasteiger partial charge < -0.3 is 16.4 Å². The molecule has 1 heterocycles. The molecule has 0 aliphatic heterocycles. The summed E-state index contributed by atoms with van der Waals surface area (Å²) in [5, 5.41) is 14.4. The number of anilines is 2. The highest BCUT2D eigenvalue weighted by Gasteiger charge is 2.31. The third-order valence-electron chi connectivity index (χ3n) is 4.21. The van der Waals surface area contributed by atoms with Crippen LogP contribution in [-0.4, -0.2) is 22.8 Å². The molecule has 26 heavy (non-hydrogen) atoms. The van der Waals surface area contributed by atoms with E-state index in [9.17, 15) is 14.0 Å². The van der Waals surface area contributed by atoms with Gasteiger partial charge in [0.25, 0.3) is 11.8 Å². The molecule has 9 heteroatoms. The number of carbonyl (C=O) groups excluding carboxylic acids is 2. The minimum absolute atomic E-state index is 0.0649. The average molecular weight is 373 g/mol. The number of hydrogen-bond donors (Lipinski definition) is 3. The zero-order valence-corrected chi connectivity index (χ0v) is 14.7. The molecule has 0 saturated heterocycles. The fourth-order valence-corrected chi connectivity index (χ4v) is 3.24. The first-order valence-electron chi connectivity index (χ1n) is 7.90. The number of benzene rings is 1. The van der Waals surface area contributed by atoms with Gasteiger partial charge in [0.1, 0.15) is 10.7 Å². The van der Waals surface area contributed by atoms with Crippen molar-refractivity contribution < 1.29 is 14.0 Å². The summed E-state index contributed by atoms with van der Waals surface area (Å²) in [7, 11) is 0. The van der Waals surface area contributed by atoms with Crippen LogP contribution in [0, 0.1) is 30.0 Å². The molecule has 2 amide bonds. The maximum atomic E-state index is 14.2. The third kappa shape index (κ3) is 3.65. The summed E-state index contributed by atoms with van der Waals surface area (Å²) in [6, 6.07) is 4.50. The van der Waals surface area contributed by atoms with Gasteiger partial charge in [-0.1, -0.05) is 11.3 Å². The predicted octanol–water partition coefficient (Wildman–Crippen LogP) is 2.46. The standard InChI is InChI=1S/C17H16FN5O2S/c1-8-2-12(18)11(15(24)22-10-3-9(4-10)6-19)5-13(8)23-16(25)14-7-21-17(20)26-14/h2,5,7,9-10H,3-4H2,1H3,(H2,20,21)(H,22,24)(H,23,25). The Bertz CT molecular complexity index is 914. The molecule has 1 saturated carbocycles. The van der Waals surface area contributed by atoms with Crippen LogP contribution in [0.15, 0.2) is 18.3 Å². The largest absolute Gasteiger partial charge is 0.375 e. The van der Waals surface area contributed by atoms with Crippen LogP contribution in [0.2, 0.25) is 0 Å². The molecule has 1 aliphatic rings. The Morgan fingerprint density at radius 2 is 2.12 bits per heavy atom. The van der Waals surface area contributed by atoms with E-state index in [-0.39, 0.29) is 22.7 Å². The molecule has 1 aromatic heterocycles. The number of nitriles is 1. The van der Waals surface area contributed by atoms with Crippen LogP contribution in [0.4, 0.5) is 15.2 Å². The number of nitrogens with one attached hydrogen (secondary N) is 2. The summed E-state index contributed by atoms with van der Waals surface area (Å²) in [5.41, 5.74) is 6.17. The topological polar surface area (TPSA) is 121 Å². The lowest BCUT2D eigenvalue weighted by molar-refractivity contribution is 0.0899. The van der Waals surface area contributed by atoms with Gasteiger partial charge in [0.15, 0.2) is 5.13 Å². The molecule has 1 aliphatic carbocycles. The summed E-state index contributed by atoms with van der Waals surface area (Å²) in [4.78, 5) is 28.7. The summed E-state index contributed by atoms with van der Waals surface area (Å²) < 4.78 is 14.2. The van der Waals surface area contributed by atoms with E-state index in [1.54, 1.807) is 6.92 Å². The molecule has 0 spiro atoms. The normalized spacial score (nSPS) is 18.5. The van der Waals surface area contributed by atoms with Crippen LogP contribution in [0.5, 0.6) is 0 Å². The van der Waals surface area contributed by atoms with Crippen molar-refractivity contribution in [3.63, 3.8) is 0 Å². The highest BCUT2D eigenvalue weighted by atomic mass is 32.1. The Kier molecular flexibility index (Phi) is 4.86. The molecule has 134 valence electrons. The van der Waals surface area contributed by atoms with E-state index >= 15 is 0 Å². The van der Waals surface area contributed by atoms with Crippen molar-refractivity contribution in [3.8, 4) is 6.07 Å². The molecular formula is C17H16FN5O2S. The van der Waals surface area contributed by atoms with Gasteiger partial charge in [-0.05, 0) is 37.5 Å². The lowest BCUT2D eigenvalue weighted by Gasteiger charge is -2.31. The van der Waals surface area contributed by atoms with E-state index in [4.69, 9.17) is 11.0 Å². The molecule has 3 rings (SSSR count). The number of nitrogens with zero attached hydrogens (tertiary/aromatic N) is 2. The Labute approximate surface area is 153 Å². The number of halogens is 1. The number of aromatic nitrogens is 1. The van der Waals surface area contributed by atoms with Crippen molar-refractivity contribution in [3.05, 3.63) is 40.2 Å². The summed E-state index contributed by atoms with van der Waals surface area (Å²) in [6.45, 7) is 1.63. The second-order valence-corrected chi connectivity index (χ2v) is 7.19. The number of nitrogens with two attached hydrogens (primary N) is 1. The molecule has 0 bridgehead atoms. The van der Waals surface area contributed by atoms with Crippen LogP contribution in [-0.2, 0) is 0 Å². The predicted molar refractivity (Wildman–Crippen MR) is 95.2 cm³/mol. The molecule has 7 nitrogen and oxygen atoms in total. The number of aryl methyl sites for hydroxylation is 1. The number of rotatable bonds is 4. The molecular weight excluding hydrogens is 357 g/mol. The highest BCUT2D eigenvalue weighted by Crippen LogP contribution is 2.27. The van der Waals surface area contributed by atoms with E-state index in [0.29, 0.717) is 29.0 Å². The monoisotopic (exact) mass is 373 g/mol. The maximum absolute atomic E-state index is 14.2. The lowest BCUT2D eigenvalue weighted by Crippen LogP contribution is -2.44. The van der Waals surface area contributed by atoms with Crippen molar-refractivity contribution in [1.82, 2.24) is 10.3 Å². The number of hydrogen-bond acceptors (Lipinski definition) is 6. The molecule has 0 radical (unpaired) electrons. The van der Waals surface area contributed by atoms with Crippen molar-refractivity contribution in [2.45, 2.75) is 25.8 Å². The number of thiazole rings is 1. The first kappa shape index (κ1) is 17.8. The third-order valence-corrected chi connectivity index (χ3v) is 5.04. The van der Waals surface area contributed by atoms with Gasteiger partial charge >= 0.3 is 0 Å². The zero-order valence-electron chi connectivity index (χ0n) is 13.9. The Balaban J connectivity index is 1.75. The fourth-order valence-electron chi connectivity index (χ4n) is 2.66. The first-order chi connectivity index (χ1) is 12.4. The van der Waals surface area contributed by atoms with E-state index in [1.807, 2.05) is 0 Å². The van der Waals surface area contributed by atoms with Crippen LogP contribution < -0.4 is 16.4 Å². The fraction of sp³-hybridized carbons (Fsp3) is 0.294. The second-order valence-electron chi connectivity index (χ2n) is 6.13. The minimum atomic E-state index is -0.670. The van der Waals surface area contributed by atoms with Gasteiger partial charge in [0.05, 0.1) is 23.7 Å². The van der Waals surface area contributed by atoms with Gasteiger partial charge in [-0.25, -0.2) is 9.37 Å². The molecule has 0 unspecified atom stereocenters. The quantitative estimate of drug-likeness (QED) is 0.760. The number of nitrogen functional groups attached to an aromatic ring is 1. The van der Waals surface area contributed by atoms with Gasteiger partial charge in [0, 0.05) is 11.7 Å². The molecule has 4 N–H and O–H groups in total. The van der Waals surface area contributed by atoms with Crippen molar-refractivity contribution >= 4 is 34.0 Å². The Hall–Kier alpha value is -2.99. The van der Waals surface area contributed by atoms with Gasteiger partial charge in [-0.2, -0.15) is 5.26 Å². The van der Waals surface area contributed by atoms with Crippen LogP contribution in [0.25, 0.3) is 0 Å². The number of carbonyl (C=O) groups is 2. The lowest BCUT2D eigenvalue weighted by atomic mass is 9.81.